The van der Waals surface area contributed by atoms with Crippen molar-refractivity contribution in [3.63, 3.8) is 0 Å². The van der Waals surface area contributed by atoms with Crippen LogP contribution in [0.3, 0.4) is 0 Å². The molecule has 0 saturated carbocycles. The van der Waals surface area contributed by atoms with Gasteiger partial charge in [0.15, 0.2) is 11.2 Å². The van der Waals surface area contributed by atoms with E-state index in [0.29, 0.717) is 31.2 Å². The summed E-state index contributed by atoms with van der Waals surface area (Å²) in [5, 5.41) is 0. The van der Waals surface area contributed by atoms with Crippen molar-refractivity contribution in [2.45, 2.75) is 45.4 Å². The fourth-order valence-corrected chi connectivity index (χ4v) is 3.82. The molecule has 5 heteroatoms. The van der Waals surface area contributed by atoms with E-state index in [0.717, 1.165) is 24.9 Å². The summed E-state index contributed by atoms with van der Waals surface area (Å²) in [4.78, 5) is 27.0. The van der Waals surface area contributed by atoms with Crippen LogP contribution >= 0.6 is 0 Å². The van der Waals surface area contributed by atoms with Crippen molar-refractivity contribution in [2.75, 3.05) is 32.8 Å². The molecule has 0 aliphatic carbocycles. The van der Waals surface area contributed by atoms with Crippen molar-refractivity contribution < 1.29 is 13.9 Å². The smallest absolute Gasteiger partial charge is 0.196 e. The zero-order chi connectivity index (χ0) is 20.5. The first-order valence-electron chi connectivity index (χ1n) is 10.7. The van der Waals surface area contributed by atoms with E-state index in [2.05, 4.69) is 4.90 Å². The van der Waals surface area contributed by atoms with Gasteiger partial charge in [-0.3, -0.25) is 9.59 Å². The average molecular weight is 398 g/mol. The summed E-state index contributed by atoms with van der Waals surface area (Å²) in [7, 11) is 0. The lowest BCUT2D eigenvalue weighted by Gasteiger charge is -2.26. The van der Waals surface area contributed by atoms with Crippen LogP contribution in [0.4, 0.5) is 0 Å². The molecule has 0 N–H and O–H groups in total. The van der Waals surface area contributed by atoms with Gasteiger partial charge in [0.1, 0.15) is 17.1 Å². The number of hydrogen-bond donors (Lipinski definition) is 0. The summed E-state index contributed by atoms with van der Waals surface area (Å²) in [6, 6.07) is 10.9. The van der Waals surface area contributed by atoms with Crippen molar-refractivity contribution >= 4 is 5.78 Å². The Bertz CT molecular complexity index is 838. The van der Waals surface area contributed by atoms with Crippen LogP contribution < -0.4 is 5.43 Å². The van der Waals surface area contributed by atoms with Crippen LogP contribution in [-0.4, -0.2) is 43.5 Å². The van der Waals surface area contributed by atoms with Crippen LogP contribution in [0.2, 0.25) is 0 Å². The molecule has 1 aromatic carbocycles. The zero-order valence-corrected chi connectivity index (χ0v) is 17.3. The summed E-state index contributed by atoms with van der Waals surface area (Å²) < 4.78 is 11.7. The van der Waals surface area contributed by atoms with Gasteiger partial charge in [-0.05, 0) is 52.2 Å². The molecular formula is C24H31NO4. The molecule has 0 unspecified atom stereocenters. The van der Waals surface area contributed by atoms with Gasteiger partial charge in [0.2, 0.25) is 0 Å². The van der Waals surface area contributed by atoms with Crippen LogP contribution in [0.15, 0.2) is 45.6 Å². The van der Waals surface area contributed by atoms with Crippen molar-refractivity contribution in [3.8, 4) is 11.3 Å². The molecule has 1 saturated heterocycles. The zero-order valence-electron chi connectivity index (χ0n) is 17.3. The Morgan fingerprint density at radius 3 is 2.55 bits per heavy atom. The molecule has 1 fully saturated rings. The molecule has 0 spiro atoms. The first-order valence-corrected chi connectivity index (χ1v) is 10.7. The number of hydrogen-bond acceptors (Lipinski definition) is 5. The summed E-state index contributed by atoms with van der Waals surface area (Å²) >= 11 is 0. The minimum absolute atomic E-state index is 0.137. The summed E-state index contributed by atoms with van der Waals surface area (Å²) in [5.41, 5.74) is 0.664. The predicted octanol–water partition coefficient (Wildman–Crippen LogP) is 4.33. The third kappa shape index (κ3) is 6.38. The Hall–Kier alpha value is -2.24. The van der Waals surface area contributed by atoms with E-state index in [1.165, 1.54) is 45.3 Å². The first kappa shape index (κ1) is 21.5. The SMILES string of the molecule is CC(=O)c1c(CCOCCCCN2CCCCC2)oc(-c2ccccc2)cc1=O. The molecule has 0 bridgehead atoms. The van der Waals surface area contributed by atoms with Crippen LogP contribution in [0.1, 0.15) is 55.1 Å². The number of ether oxygens (including phenoxy) is 1. The van der Waals surface area contributed by atoms with Crippen molar-refractivity contribution in [1.82, 2.24) is 4.90 Å². The summed E-state index contributed by atoms with van der Waals surface area (Å²) in [6.07, 6.45) is 6.58. The van der Waals surface area contributed by atoms with Gasteiger partial charge in [0.05, 0.1) is 6.61 Å². The lowest BCUT2D eigenvalue weighted by Crippen LogP contribution is -2.30. The lowest BCUT2D eigenvalue weighted by molar-refractivity contribution is 0.100. The number of unbranched alkanes of at least 4 members (excludes halogenated alkanes) is 1. The maximum atomic E-state index is 12.5. The maximum Gasteiger partial charge on any atom is 0.196 e. The van der Waals surface area contributed by atoms with Crippen molar-refractivity contribution in [2.24, 2.45) is 0 Å². The van der Waals surface area contributed by atoms with Crippen molar-refractivity contribution in [1.29, 1.82) is 0 Å². The molecule has 5 nitrogen and oxygen atoms in total. The second-order valence-electron chi connectivity index (χ2n) is 7.67. The van der Waals surface area contributed by atoms with E-state index < -0.39 is 0 Å². The Kier molecular flexibility index (Phi) is 8.20. The second-order valence-corrected chi connectivity index (χ2v) is 7.67. The van der Waals surface area contributed by atoms with E-state index in [4.69, 9.17) is 9.15 Å². The van der Waals surface area contributed by atoms with Crippen molar-refractivity contribution in [3.05, 3.63) is 57.9 Å². The van der Waals surface area contributed by atoms with Gasteiger partial charge in [-0.25, -0.2) is 0 Å². The van der Waals surface area contributed by atoms with Gasteiger partial charge in [-0.2, -0.15) is 0 Å². The Balaban J connectivity index is 1.51. The number of carbonyl (C=O) groups is 1. The highest BCUT2D eigenvalue weighted by Gasteiger charge is 2.17. The Morgan fingerprint density at radius 1 is 1.07 bits per heavy atom. The number of benzene rings is 1. The highest BCUT2D eigenvalue weighted by molar-refractivity contribution is 5.95. The topological polar surface area (TPSA) is 59.8 Å². The maximum absolute atomic E-state index is 12.5. The standard InChI is InChI=1S/C24H31NO4/c1-19(26)24-21(27)18-23(20-10-4-2-5-11-20)29-22(24)12-17-28-16-9-8-15-25-13-6-3-7-14-25/h2,4-5,10-11,18H,3,6-9,12-17H2,1H3. The number of piperidine rings is 1. The van der Waals surface area contributed by atoms with E-state index in [1.54, 1.807) is 0 Å². The molecule has 29 heavy (non-hydrogen) atoms. The van der Waals surface area contributed by atoms with Crippen LogP contribution in [0.5, 0.6) is 0 Å². The highest BCUT2D eigenvalue weighted by atomic mass is 16.5. The molecule has 2 heterocycles. The van der Waals surface area contributed by atoms with Gasteiger partial charge in [-0.15, -0.1) is 0 Å². The third-order valence-electron chi connectivity index (χ3n) is 5.37. The summed E-state index contributed by atoms with van der Waals surface area (Å²) in [6.45, 7) is 6.12. The van der Waals surface area contributed by atoms with Gasteiger partial charge in [0.25, 0.3) is 0 Å². The molecule has 1 aliphatic heterocycles. The van der Waals surface area contributed by atoms with Crippen LogP contribution in [0.25, 0.3) is 11.3 Å². The fraction of sp³-hybridized carbons (Fsp3) is 0.500. The normalized spacial score (nSPS) is 14.8. The lowest BCUT2D eigenvalue weighted by atomic mass is 10.1. The molecule has 156 valence electrons. The number of Topliss-reactive ketones (excluding diaryl/α,β-unsaturated/α-hetero) is 1. The minimum Gasteiger partial charge on any atom is -0.460 e. The molecule has 1 aromatic heterocycles. The summed E-state index contributed by atoms with van der Waals surface area (Å²) in [5.74, 6) is 0.629. The number of nitrogens with zero attached hydrogens (tertiary/aromatic N) is 1. The Labute approximate surface area is 172 Å². The van der Waals surface area contributed by atoms with E-state index >= 15 is 0 Å². The molecular weight excluding hydrogens is 366 g/mol. The fourth-order valence-electron chi connectivity index (χ4n) is 3.82. The quantitative estimate of drug-likeness (QED) is 0.441. The predicted molar refractivity (Wildman–Crippen MR) is 114 cm³/mol. The Morgan fingerprint density at radius 2 is 1.83 bits per heavy atom. The monoisotopic (exact) mass is 397 g/mol. The molecule has 0 amide bonds. The van der Waals surface area contributed by atoms with E-state index in [9.17, 15) is 9.59 Å². The number of rotatable bonds is 10. The van der Waals surface area contributed by atoms with E-state index in [1.807, 2.05) is 30.3 Å². The van der Waals surface area contributed by atoms with Gasteiger partial charge in [-0.1, -0.05) is 36.8 Å². The first-order chi connectivity index (χ1) is 14.1. The average Bonchev–Trinajstić information content (AvgIpc) is 2.73. The molecule has 2 aromatic rings. The number of ketones is 1. The largest absolute Gasteiger partial charge is 0.460 e. The molecule has 3 rings (SSSR count). The van der Waals surface area contributed by atoms with Gasteiger partial charge < -0.3 is 14.1 Å². The number of likely N-dealkylation sites (tertiary alicyclic amines) is 1. The van der Waals surface area contributed by atoms with Crippen LogP contribution in [0, 0.1) is 0 Å². The molecule has 0 atom stereocenters. The number of carbonyl (C=O) groups excluding carboxylic acids is 1. The highest BCUT2D eigenvalue weighted by Crippen LogP contribution is 2.21. The third-order valence-corrected chi connectivity index (χ3v) is 5.37. The minimum atomic E-state index is -0.292. The molecule has 1 aliphatic rings. The van der Waals surface area contributed by atoms with E-state index in [-0.39, 0.29) is 16.8 Å². The molecule has 0 radical (unpaired) electrons. The van der Waals surface area contributed by atoms with Gasteiger partial charge in [0, 0.05) is 24.7 Å². The van der Waals surface area contributed by atoms with Gasteiger partial charge >= 0.3 is 0 Å². The second kappa shape index (κ2) is 11.1. The van der Waals surface area contributed by atoms with Crippen LogP contribution in [-0.2, 0) is 11.2 Å².